The monoisotopic (exact) mass is 893 g/mol. The van der Waals surface area contributed by atoms with E-state index < -0.39 is 84.6 Å². The Labute approximate surface area is 331 Å². The Bertz CT molecular complexity index is 1830. The number of imidazole rings is 1. The van der Waals surface area contributed by atoms with Gasteiger partial charge in [0.15, 0.2) is 22.8 Å². The number of nitrogen functional groups attached to an aromatic ring is 1. The van der Waals surface area contributed by atoms with Gasteiger partial charge in [-0.2, -0.15) is 4.31 Å². The first-order valence-corrected chi connectivity index (χ1v) is 23.1. The SMILES string of the molecule is CCCC(CCC)C(=O)SCCNC(=O)CCNC(=O)[C@H](O)C(C)(C)COP(=O)(O)OP(=O)(O)OC[C@H]1O[C@@H](n2cnc3c(N)ncnc32)[C@H](O)[C@@H]1OP(=O)(O)O. The van der Waals surface area contributed by atoms with Gasteiger partial charge < -0.3 is 50.9 Å². The maximum absolute atomic E-state index is 12.7. The van der Waals surface area contributed by atoms with Crippen LogP contribution in [0.25, 0.3) is 11.2 Å². The highest BCUT2D eigenvalue weighted by atomic mass is 32.2. The van der Waals surface area contributed by atoms with Crippen LogP contribution in [-0.4, -0.2) is 123 Å². The Morgan fingerprint density at radius 1 is 1.02 bits per heavy atom. The number of hydrogen-bond donors (Lipinski definition) is 9. The van der Waals surface area contributed by atoms with E-state index in [1.165, 1.54) is 13.8 Å². The largest absolute Gasteiger partial charge is 0.481 e. The third-order valence-electron chi connectivity index (χ3n) is 8.35. The van der Waals surface area contributed by atoms with Crippen LogP contribution < -0.4 is 16.4 Å². The summed E-state index contributed by atoms with van der Waals surface area (Å²) >= 11 is 1.16. The Kier molecular flexibility index (Phi) is 18.2. The molecule has 1 aliphatic rings. The van der Waals surface area contributed by atoms with Crippen molar-refractivity contribution in [2.45, 2.75) is 90.4 Å². The molecular weight excluding hydrogens is 843 g/mol. The normalized spacial score (nSPS) is 21.6. The minimum Gasteiger partial charge on any atom is -0.386 e. The van der Waals surface area contributed by atoms with E-state index in [1.54, 1.807) is 0 Å². The average Bonchev–Trinajstić information content (AvgIpc) is 3.67. The molecule has 2 amide bonds. The number of thioether (sulfide) groups is 1. The number of anilines is 1. The number of aromatic nitrogens is 4. The molecule has 1 saturated heterocycles. The fraction of sp³-hybridized carbons (Fsp3) is 0.724. The van der Waals surface area contributed by atoms with E-state index in [9.17, 15) is 57.9 Å². The summed E-state index contributed by atoms with van der Waals surface area (Å²) in [6.07, 6.45) is -3.47. The Hall–Kier alpha value is -2.44. The number of ether oxygens (including phenoxy) is 1. The average molecular weight is 894 g/mol. The van der Waals surface area contributed by atoms with Gasteiger partial charge in [-0.25, -0.2) is 28.6 Å². The standard InChI is InChI=1S/C29H50N7O17P3S/c1-5-7-17(8-6-2)28(41)57-12-11-31-19(37)9-10-32-26(40)23(39)29(3,4)14-50-56(47,48)53-55(45,46)49-13-18-22(52-54(42,43)44)21(38)27(51-18)36-16-35-20-24(30)33-15-34-25(20)36/h15-18,21-23,27,38-39H,5-14H2,1-4H3,(H,31,37)(H,32,40)(H,45,46)(H,47,48)(H2,30,33,34)(H2,42,43,44)/t18-,21-,22-,23+,27-/m1/s1. The van der Waals surface area contributed by atoms with Crippen LogP contribution in [0.3, 0.4) is 0 Å². The molecule has 0 saturated carbocycles. The molecule has 3 rings (SSSR count). The van der Waals surface area contributed by atoms with E-state index in [1.807, 2.05) is 13.8 Å². The molecule has 28 heteroatoms. The van der Waals surface area contributed by atoms with Gasteiger partial charge >= 0.3 is 23.5 Å². The van der Waals surface area contributed by atoms with Crippen LogP contribution >= 0.6 is 35.2 Å². The number of nitrogens with two attached hydrogens (primary N) is 1. The molecule has 10 N–H and O–H groups in total. The van der Waals surface area contributed by atoms with Crippen LogP contribution in [0.4, 0.5) is 5.82 Å². The van der Waals surface area contributed by atoms with Crippen LogP contribution in [0.2, 0.25) is 0 Å². The van der Waals surface area contributed by atoms with Gasteiger partial charge in [0.25, 0.3) is 0 Å². The van der Waals surface area contributed by atoms with E-state index in [2.05, 4.69) is 34.4 Å². The molecule has 3 heterocycles. The van der Waals surface area contributed by atoms with E-state index >= 15 is 0 Å². The highest BCUT2D eigenvalue weighted by Gasteiger charge is 2.50. The van der Waals surface area contributed by atoms with E-state index in [4.69, 9.17) is 19.5 Å². The number of aliphatic hydroxyl groups excluding tert-OH is 2. The van der Waals surface area contributed by atoms with Gasteiger partial charge in [0.2, 0.25) is 11.8 Å². The van der Waals surface area contributed by atoms with Crippen molar-refractivity contribution in [2.24, 2.45) is 11.3 Å². The molecule has 2 aromatic heterocycles. The van der Waals surface area contributed by atoms with Crippen LogP contribution in [0, 0.1) is 11.3 Å². The number of phosphoric ester groups is 3. The number of fused-ring (bicyclic) bond motifs is 1. The number of nitrogens with one attached hydrogen (secondary N) is 2. The second kappa shape index (κ2) is 21.2. The maximum Gasteiger partial charge on any atom is 0.481 e. The van der Waals surface area contributed by atoms with Gasteiger partial charge in [-0.3, -0.25) is 32.5 Å². The second-order valence-corrected chi connectivity index (χ2v) is 18.8. The molecule has 7 atom stereocenters. The van der Waals surface area contributed by atoms with Gasteiger partial charge in [-0.15, -0.1) is 0 Å². The predicted octanol–water partition coefficient (Wildman–Crippen LogP) is 0.881. The first-order valence-electron chi connectivity index (χ1n) is 17.6. The van der Waals surface area contributed by atoms with E-state index in [-0.39, 0.29) is 47.5 Å². The van der Waals surface area contributed by atoms with Crippen LogP contribution in [0.5, 0.6) is 0 Å². The van der Waals surface area contributed by atoms with Gasteiger partial charge in [0.1, 0.15) is 36.3 Å². The lowest BCUT2D eigenvalue weighted by Gasteiger charge is -2.30. The van der Waals surface area contributed by atoms with Crippen molar-refractivity contribution in [3.8, 4) is 0 Å². The molecule has 57 heavy (non-hydrogen) atoms. The number of nitrogens with zero attached hydrogens (tertiary/aromatic N) is 4. The number of amides is 2. The number of carbonyl (C=O) groups excluding carboxylic acids is 3. The molecule has 0 aromatic carbocycles. The smallest absolute Gasteiger partial charge is 0.386 e. The molecular formula is C29H50N7O17P3S. The lowest BCUT2D eigenvalue weighted by atomic mass is 9.87. The zero-order chi connectivity index (χ0) is 42.8. The van der Waals surface area contributed by atoms with Crippen molar-refractivity contribution >= 4 is 69.1 Å². The van der Waals surface area contributed by atoms with Crippen molar-refractivity contribution in [1.82, 2.24) is 30.2 Å². The molecule has 0 bridgehead atoms. The molecule has 1 fully saturated rings. The first kappa shape index (κ1) is 48.9. The van der Waals surface area contributed by atoms with Crippen molar-refractivity contribution in [3.63, 3.8) is 0 Å². The summed E-state index contributed by atoms with van der Waals surface area (Å²) in [6, 6.07) is 0. The Morgan fingerprint density at radius 3 is 2.30 bits per heavy atom. The van der Waals surface area contributed by atoms with E-state index in [0.717, 1.165) is 54.7 Å². The quantitative estimate of drug-likeness (QED) is 0.0521. The predicted molar refractivity (Wildman–Crippen MR) is 200 cm³/mol. The molecule has 2 aromatic rings. The van der Waals surface area contributed by atoms with Crippen LogP contribution in [-0.2, 0) is 50.7 Å². The number of aliphatic hydroxyl groups is 2. The number of hydrogen-bond acceptors (Lipinski definition) is 18. The zero-order valence-corrected chi connectivity index (χ0v) is 35.0. The van der Waals surface area contributed by atoms with Crippen LogP contribution in [0.1, 0.15) is 66.0 Å². The summed E-state index contributed by atoms with van der Waals surface area (Å²) in [5, 5.41) is 26.6. The van der Waals surface area contributed by atoms with Gasteiger partial charge in [-0.05, 0) is 12.8 Å². The van der Waals surface area contributed by atoms with Crippen molar-refractivity contribution in [2.75, 3.05) is 37.8 Å². The summed E-state index contributed by atoms with van der Waals surface area (Å²) < 4.78 is 62.2. The minimum atomic E-state index is -5.57. The van der Waals surface area contributed by atoms with Crippen LogP contribution in [0.15, 0.2) is 12.7 Å². The molecule has 324 valence electrons. The van der Waals surface area contributed by atoms with Crippen molar-refractivity contribution in [1.29, 1.82) is 0 Å². The summed E-state index contributed by atoms with van der Waals surface area (Å²) in [7, 11) is -16.4. The fourth-order valence-corrected chi connectivity index (χ4v) is 9.18. The fourth-order valence-electron chi connectivity index (χ4n) is 5.48. The first-order chi connectivity index (χ1) is 26.5. The minimum absolute atomic E-state index is 0.0160. The molecule has 0 radical (unpaired) electrons. The zero-order valence-electron chi connectivity index (χ0n) is 31.5. The summed E-state index contributed by atoms with van der Waals surface area (Å²) in [5.74, 6) is -1.06. The number of phosphoric acid groups is 3. The second-order valence-electron chi connectivity index (χ2n) is 13.5. The Morgan fingerprint density at radius 2 is 1.67 bits per heavy atom. The molecule has 1 aliphatic heterocycles. The van der Waals surface area contributed by atoms with Gasteiger partial charge in [0, 0.05) is 36.6 Å². The molecule has 0 spiro atoms. The molecule has 0 aliphatic carbocycles. The number of carbonyl (C=O) groups is 3. The van der Waals surface area contributed by atoms with Crippen molar-refractivity contribution < 1.29 is 80.5 Å². The maximum atomic E-state index is 12.7. The highest BCUT2D eigenvalue weighted by Crippen LogP contribution is 2.61. The number of rotatable bonds is 24. The molecule has 2 unspecified atom stereocenters. The summed E-state index contributed by atoms with van der Waals surface area (Å²) in [4.78, 5) is 88.2. The third kappa shape index (κ3) is 15.0. The molecule has 24 nitrogen and oxygen atoms in total. The van der Waals surface area contributed by atoms with Crippen molar-refractivity contribution in [3.05, 3.63) is 12.7 Å². The summed E-state index contributed by atoms with van der Waals surface area (Å²) in [5.41, 5.74) is 4.27. The highest BCUT2D eigenvalue weighted by molar-refractivity contribution is 8.13. The third-order valence-corrected chi connectivity index (χ3v) is 12.5. The lowest BCUT2D eigenvalue weighted by molar-refractivity contribution is -0.137. The Balaban J connectivity index is 1.48. The van der Waals surface area contributed by atoms with E-state index in [0.29, 0.717) is 5.75 Å². The summed E-state index contributed by atoms with van der Waals surface area (Å²) in [6.45, 7) is 4.58. The topological polar surface area (TPSA) is 364 Å². The lowest BCUT2D eigenvalue weighted by Crippen LogP contribution is -2.46. The van der Waals surface area contributed by atoms with Gasteiger partial charge in [0.05, 0.1) is 19.5 Å². The van der Waals surface area contributed by atoms with Gasteiger partial charge in [-0.1, -0.05) is 52.3 Å².